The molecule has 2 N–H and O–H groups in total. The molecule has 0 aromatic carbocycles. The van der Waals surface area contributed by atoms with E-state index in [1.807, 2.05) is 18.7 Å². The summed E-state index contributed by atoms with van der Waals surface area (Å²) >= 11 is 0. The summed E-state index contributed by atoms with van der Waals surface area (Å²) < 4.78 is 1.95. The minimum atomic E-state index is 0.719. The molecule has 15 heavy (non-hydrogen) atoms. The third kappa shape index (κ3) is 3.64. The molecule has 0 atom stereocenters. The third-order valence-electron chi connectivity index (χ3n) is 2.47. The first-order chi connectivity index (χ1) is 7.17. The fraction of sp³-hybridized carbons (Fsp3) is 0.727. The molecule has 0 saturated carbocycles. The molecule has 0 spiro atoms. The zero-order chi connectivity index (χ0) is 11.3. The van der Waals surface area contributed by atoms with Gasteiger partial charge in [0.05, 0.1) is 11.4 Å². The van der Waals surface area contributed by atoms with Crippen molar-refractivity contribution in [2.45, 2.75) is 26.8 Å². The number of aryl methyl sites for hydroxylation is 2. The first-order valence-electron chi connectivity index (χ1n) is 5.59. The summed E-state index contributed by atoms with van der Waals surface area (Å²) in [5.74, 6) is 0. The number of rotatable bonds is 6. The van der Waals surface area contributed by atoms with Gasteiger partial charge in [-0.3, -0.25) is 9.58 Å². The van der Waals surface area contributed by atoms with Crippen molar-refractivity contribution in [3.8, 4) is 0 Å². The van der Waals surface area contributed by atoms with Crippen LogP contribution in [0.4, 0.5) is 0 Å². The maximum atomic E-state index is 5.59. The molecule has 0 unspecified atom stereocenters. The molecule has 1 aromatic heterocycles. The number of nitrogens with zero attached hydrogens (tertiary/aromatic N) is 3. The van der Waals surface area contributed by atoms with E-state index in [1.165, 1.54) is 5.69 Å². The fourth-order valence-corrected chi connectivity index (χ4v) is 1.81. The molecule has 0 aliphatic carbocycles. The molecule has 0 aliphatic heterocycles. The molecule has 86 valence electrons. The van der Waals surface area contributed by atoms with Crippen LogP contribution in [0, 0.1) is 6.92 Å². The van der Waals surface area contributed by atoms with E-state index >= 15 is 0 Å². The van der Waals surface area contributed by atoms with Crippen molar-refractivity contribution in [3.63, 3.8) is 0 Å². The number of hydrogen-bond donors (Lipinski definition) is 1. The second-order valence-corrected chi connectivity index (χ2v) is 3.97. The summed E-state index contributed by atoms with van der Waals surface area (Å²) in [7, 11) is 1.99. The number of aromatic nitrogens is 2. The van der Waals surface area contributed by atoms with Crippen molar-refractivity contribution >= 4 is 0 Å². The van der Waals surface area contributed by atoms with Crippen LogP contribution in [0.15, 0.2) is 6.07 Å². The molecule has 1 rings (SSSR count). The Morgan fingerprint density at radius 3 is 2.67 bits per heavy atom. The lowest BCUT2D eigenvalue weighted by atomic mass is 10.3. The molecule has 4 heteroatoms. The van der Waals surface area contributed by atoms with Crippen molar-refractivity contribution in [2.24, 2.45) is 12.8 Å². The summed E-state index contributed by atoms with van der Waals surface area (Å²) in [5, 5.41) is 4.34. The highest BCUT2D eigenvalue weighted by molar-refractivity contribution is 5.08. The minimum absolute atomic E-state index is 0.719. The molecule has 0 radical (unpaired) electrons. The first-order valence-corrected chi connectivity index (χ1v) is 5.59. The zero-order valence-corrected chi connectivity index (χ0v) is 10.0. The van der Waals surface area contributed by atoms with Gasteiger partial charge in [-0.05, 0) is 26.0 Å². The van der Waals surface area contributed by atoms with Gasteiger partial charge in [0.1, 0.15) is 0 Å². The van der Waals surface area contributed by atoms with Crippen LogP contribution < -0.4 is 5.73 Å². The predicted molar refractivity (Wildman–Crippen MR) is 62.6 cm³/mol. The van der Waals surface area contributed by atoms with Gasteiger partial charge >= 0.3 is 0 Å². The molecule has 0 amide bonds. The lowest BCUT2D eigenvalue weighted by Crippen LogP contribution is -2.30. The van der Waals surface area contributed by atoms with Gasteiger partial charge < -0.3 is 5.73 Å². The highest BCUT2D eigenvalue weighted by Crippen LogP contribution is 2.06. The van der Waals surface area contributed by atoms with Crippen LogP contribution in [-0.2, 0) is 13.6 Å². The van der Waals surface area contributed by atoms with E-state index < -0.39 is 0 Å². The predicted octanol–water partition coefficient (Wildman–Crippen LogP) is 0.899. The number of hydrogen-bond acceptors (Lipinski definition) is 3. The van der Waals surface area contributed by atoms with Crippen molar-refractivity contribution in [2.75, 3.05) is 19.6 Å². The van der Waals surface area contributed by atoms with Crippen LogP contribution in [0.25, 0.3) is 0 Å². The lowest BCUT2D eigenvalue weighted by Gasteiger charge is -2.20. The zero-order valence-electron chi connectivity index (χ0n) is 10.0. The van der Waals surface area contributed by atoms with Crippen molar-refractivity contribution in [1.29, 1.82) is 0 Å². The van der Waals surface area contributed by atoms with Gasteiger partial charge in [-0.1, -0.05) is 6.92 Å². The minimum Gasteiger partial charge on any atom is -0.329 e. The lowest BCUT2D eigenvalue weighted by molar-refractivity contribution is 0.266. The standard InChI is InChI=1S/C11H22N4/c1-4-6-15(7-5-12)9-11-8-10(2)13-14(11)3/h8H,4-7,9,12H2,1-3H3. The van der Waals surface area contributed by atoms with Gasteiger partial charge in [-0.25, -0.2) is 0 Å². The van der Waals surface area contributed by atoms with E-state index in [-0.39, 0.29) is 0 Å². The van der Waals surface area contributed by atoms with Crippen LogP contribution in [0.2, 0.25) is 0 Å². The van der Waals surface area contributed by atoms with Crippen LogP contribution in [0.3, 0.4) is 0 Å². The van der Waals surface area contributed by atoms with E-state index in [0.29, 0.717) is 0 Å². The van der Waals surface area contributed by atoms with E-state index in [2.05, 4.69) is 23.0 Å². The third-order valence-corrected chi connectivity index (χ3v) is 2.47. The van der Waals surface area contributed by atoms with Gasteiger partial charge in [0, 0.05) is 26.7 Å². The van der Waals surface area contributed by atoms with Crippen LogP contribution >= 0.6 is 0 Å². The molecule has 0 bridgehead atoms. The van der Waals surface area contributed by atoms with Crippen LogP contribution in [0.1, 0.15) is 24.7 Å². The molecule has 1 heterocycles. The Morgan fingerprint density at radius 1 is 1.47 bits per heavy atom. The molecule has 4 nitrogen and oxygen atoms in total. The molecular weight excluding hydrogens is 188 g/mol. The highest BCUT2D eigenvalue weighted by Gasteiger charge is 2.07. The maximum Gasteiger partial charge on any atom is 0.0597 e. The Morgan fingerprint density at radius 2 is 2.20 bits per heavy atom. The SMILES string of the molecule is CCCN(CCN)Cc1cc(C)nn1C. The average molecular weight is 210 g/mol. The Labute approximate surface area is 92.1 Å². The van der Waals surface area contributed by atoms with Gasteiger partial charge in [-0.15, -0.1) is 0 Å². The average Bonchev–Trinajstić information content (AvgIpc) is 2.46. The summed E-state index contributed by atoms with van der Waals surface area (Å²) in [4.78, 5) is 2.37. The van der Waals surface area contributed by atoms with Gasteiger partial charge in [-0.2, -0.15) is 5.10 Å². The van der Waals surface area contributed by atoms with Crippen molar-refractivity contribution in [3.05, 3.63) is 17.5 Å². The number of nitrogens with two attached hydrogens (primary N) is 1. The van der Waals surface area contributed by atoms with E-state index in [9.17, 15) is 0 Å². The Kier molecular flexibility index (Phi) is 4.78. The quantitative estimate of drug-likeness (QED) is 0.759. The maximum absolute atomic E-state index is 5.59. The Balaban J connectivity index is 2.60. The second-order valence-electron chi connectivity index (χ2n) is 3.97. The van der Waals surface area contributed by atoms with Gasteiger partial charge in [0.2, 0.25) is 0 Å². The van der Waals surface area contributed by atoms with E-state index in [0.717, 1.165) is 38.3 Å². The topological polar surface area (TPSA) is 47.1 Å². The summed E-state index contributed by atoms with van der Waals surface area (Å²) in [6.45, 7) is 7.94. The largest absolute Gasteiger partial charge is 0.329 e. The van der Waals surface area contributed by atoms with Crippen molar-refractivity contribution in [1.82, 2.24) is 14.7 Å². The molecule has 0 fully saturated rings. The Hall–Kier alpha value is -0.870. The van der Waals surface area contributed by atoms with E-state index in [1.54, 1.807) is 0 Å². The smallest absolute Gasteiger partial charge is 0.0597 e. The fourth-order valence-electron chi connectivity index (χ4n) is 1.81. The highest BCUT2D eigenvalue weighted by atomic mass is 15.3. The monoisotopic (exact) mass is 210 g/mol. The van der Waals surface area contributed by atoms with Crippen LogP contribution in [0.5, 0.6) is 0 Å². The first kappa shape index (κ1) is 12.2. The van der Waals surface area contributed by atoms with Gasteiger partial charge in [0.25, 0.3) is 0 Å². The van der Waals surface area contributed by atoms with Gasteiger partial charge in [0.15, 0.2) is 0 Å². The summed E-state index contributed by atoms with van der Waals surface area (Å²) in [6.07, 6.45) is 1.16. The molecule has 0 saturated heterocycles. The van der Waals surface area contributed by atoms with E-state index in [4.69, 9.17) is 5.73 Å². The molecular formula is C11H22N4. The summed E-state index contributed by atoms with van der Waals surface area (Å²) in [6, 6.07) is 2.14. The second kappa shape index (κ2) is 5.88. The Bertz CT molecular complexity index is 287. The summed E-state index contributed by atoms with van der Waals surface area (Å²) in [5.41, 5.74) is 7.93. The van der Waals surface area contributed by atoms with Crippen molar-refractivity contribution < 1.29 is 0 Å². The molecule has 1 aromatic rings. The normalized spacial score (nSPS) is 11.3. The molecule has 0 aliphatic rings. The van der Waals surface area contributed by atoms with Crippen LogP contribution in [-0.4, -0.2) is 34.3 Å².